The van der Waals surface area contributed by atoms with Crippen LogP contribution in [0.3, 0.4) is 0 Å². The summed E-state index contributed by atoms with van der Waals surface area (Å²) in [6.45, 7) is 3.38. The van der Waals surface area contributed by atoms with E-state index in [0.717, 1.165) is 19.7 Å². The molecule has 3 nitrogen and oxygen atoms in total. The average molecular weight is 220 g/mol. The lowest BCUT2D eigenvalue weighted by molar-refractivity contribution is 0.110. The molecule has 1 aliphatic heterocycles. The molecular formula is C13H20N2O. The lowest BCUT2D eigenvalue weighted by Gasteiger charge is -2.11. The lowest BCUT2D eigenvalue weighted by atomic mass is 10.1. The summed E-state index contributed by atoms with van der Waals surface area (Å²) in [5.74, 6) is 0. The summed E-state index contributed by atoms with van der Waals surface area (Å²) in [7, 11) is 0. The van der Waals surface area contributed by atoms with Gasteiger partial charge in [-0.3, -0.25) is 0 Å². The minimum Gasteiger partial charge on any atom is -0.377 e. The topological polar surface area (TPSA) is 47.3 Å². The number of hydrogen-bond acceptors (Lipinski definition) is 3. The van der Waals surface area contributed by atoms with Gasteiger partial charge in [0.25, 0.3) is 0 Å². The van der Waals surface area contributed by atoms with Gasteiger partial charge in [-0.15, -0.1) is 0 Å². The molecule has 1 heterocycles. The van der Waals surface area contributed by atoms with Gasteiger partial charge in [-0.25, -0.2) is 0 Å². The van der Waals surface area contributed by atoms with Gasteiger partial charge >= 0.3 is 0 Å². The maximum absolute atomic E-state index is 5.61. The zero-order valence-corrected chi connectivity index (χ0v) is 9.61. The third kappa shape index (κ3) is 3.30. The molecule has 0 aromatic heterocycles. The minimum atomic E-state index is 0.415. The Morgan fingerprint density at radius 3 is 3.00 bits per heavy atom. The van der Waals surface area contributed by atoms with E-state index >= 15 is 0 Å². The minimum absolute atomic E-state index is 0.415. The van der Waals surface area contributed by atoms with E-state index in [0.29, 0.717) is 12.6 Å². The van der Waals surface area contributed by atoms with Crippen molar-refractivity contribution in [2.45, 2.75) is 32.0 Å². The SMILES string of the molecule is NCc1cccc(CNCC2CCCO2)c1. The van der Waals surface area contributed by atoms with E-state index < -0.39 is 0 Å². The van der Waals surface area contributed by atoms with Crippen LogP contribution in [0, 0.1) is 0 Å². The molecular weight excluding hydrogens is 200 g/mol. The van der Waals surface area contributed by atoms with E-state index in [4.69, 9.17) is 10.5 Å². The van der Waals surface area contributed by atoms with Gasteiger partial charge in [0, 0.05) is 26.2 Å². The second-order valence-electron chi connectivity index (χ2n) is 4.29. The molecule has 0 spiro atoms. The largest absolute Gasteiger partial charge is 0.377 e. The van der Waals surface area contributed by atoms with Crippen LogP contribution < -0.4 is 11.1 Å². The Labute approximate surface area is 97.0 Å². The number of nitrogens with one attached hydrogen (secondary N) is 1. The summed E-state index contributed by atoms with van der Waals surface area (Å²) < 4.78 is 5.55. The highest BCUT2D eigenvalue weighted by molar-refractivity contribution is 5.23. The highest BCUT2D eigenvalue weighted by Crippen LogP contribution is 2.11. The molecule has 1 fully saturated rings. The zero-order chi connectivity index (χ0) is 11.2. The van der Waals surface area contributed by atoms with E-state index in [1.807, 2.05) is 0 Å². The van der Waals surface area contributed by atoms with Gasteiger partial charge in [0.05, 0.1) is 6.10 Å². The van der Waals surface area contributed by atoms with Gasteiger partial charge in [0.15, 0.2) is 0 Å². The lowest BCUT2D eigenvalue weighted by Crippen LogP contribution is -2.25. The quantitative estimate of drug-likeness (QED) is 0.789. The Morgan fingerprint density at radius 1 is 1.38 bits per heavy atom. The Bertz CT molecular complexity index is 321. The van der Waals surface area contributed by atoms with Crippen molar-refractivity contribution in [3.63, 3.8) is 0 Å². The smallest absolute Gasteiger partial charge is 0.0700 e. The molecule has 0 saturated carbocycles. The Hall–Kier alpha value is -0.900. The average Bonchev–Trinajstić information content (AvgIpc) is 2.82. The number of ether oxygens (including phenoxy) is 1. The van der Waals surface area contributed by atoms with E-state index in [9.17, 15) is 0 Å². The number of hydrogen-bond donors (Lipinski definition) is 2. The van der Waals surface area contributed by atoms with E-state index in [2.05, 4.69) is 29.6 Å². The highest BCUT2D eigenvalue weighted by Gasteiger charge is 2.14. The molecule has 1 atom stereocenters. The van der Waals surface area contributed by atoms with Crippen LogP contribution in [-0.2, 0) is 17.8 Å². The molecule has 1 aromatic carbocycles. The summed E-state index contributed by atoms with van der Waals surface area (Å²) in [6.07, 6.45) is 2.81. The first-order valence-corrected chi connectivity index (χ1v) is 5.98. The van der Waals surface area contributed by atoms with Crippen LogP contribution in [0.15, 0.2) is 24.3 Å². The summed E-state index contributed by atoms with van der Waals surface area (Å²) >= 11 is 0. The van der Waals surface area contributed by atoms with Crippen molar-refractivity contribution in [3.8, 4) is 0 Å². The van der Waals surface area contributed by atoms with Crippen LogP contribution in [0.1, 0.15) is 24.0 Å². The second-order valence-corrected chi connectivity index (χ2v) is 4.29. The van der Waals surface area contributed by atoms with Crippen LogP contribution in [0.4, 0.5) is 0 Å². The maximum Gasteiger partial charge on any atom is 0.0700 e. The normalized spacial score (nSPS) is 20.2. The highest BCUT2D eigenvalue weighted by atomic mass is 16.5. The number of nitrogens with two attached hydrogens (primary N) is 1. The van der Waals surface area contributed by atoms with Crippen LogP contribution in [0.25, 0.3) is 0 Å². The van der Waals surface area contributed by atoms with Crippen molar-refractivity contribution in [2.75, 3.05) is 13.2 Å². The molecule has 1 aromatic rings. The van der Waals surface area contributed by atoms with Crippen molar-refractivity contribution in [1.29, 1.82) is 0 Å². The maximum atomic E-state index is 5.61. The standard InChI is InChI=1S/C13H20N2O/c14-8-11-3-1-4-12(7-11)9-15-10-13-5-2-6-16-13/h1,3-4,7,13,15H,2,5-6,8-10,14H2. The van der Waals surface area contributed by atoms with Gasteiger partial charge in [-0.05, 0) is 24.0 Å². The van der Waals surface area contributed by atoms with Crippen molar-refractivity contribution in [1.82, 2.24) is 5.32 Å². The summed E-state index contributed by atoms with van der Waals surface area (Å²) in [4.78, 5) is 0. The Balaban J connectivity index is 1.75. The molecule has 3 heteroatoms. The van der Waals surface area contributed by atoms with E-state index in [1.165, 1.54) is 24.0 Å². The van der Waals surface area contributed by atoms with Crippen LogP contribution in [0.5, 0.6) is 0 Å². The molecule has 1 saturated heterocycles. The molecule has 1 unspecified atom stereocenters. The molecule has 1 aliphatic rings. The summed E-state index contributed by atoms with van der Waals surface area (Å²) in [6, 6.07) is 8.40. The Morgan fingerprint density at radius 2 is 2.25 bits per heavy atom. The Kier molecular flexibility index (Phi) is 4.34. The van der Waals surface area contributed by atoms with Crippen molar-refractivity contribution < 1.29 is 4.74 Å². The predicted octanol–water partition coefficient (Wildman–Crippen LogP) is 1.41. The van der Waals surface area contributed by atoms with Gasteiger partial charge < -0.3 is 15.8 Å². The van der Waals surface area contributed by atoms with Gasteiger partial charge in [0.2, 0.25) is 0 Å². The first-order valence-electron chi connectivity index (χ1n) is 5.98. The molecule has 3 N–H and O–H groups in total. The molecule has 0 amide bonds. The molecule has 0 bridgehead atoms. The number of rotatable bonds is 5. The fourth-order valence-corrected chi connectivity index (χ4v) is 2.05. The van der Waals surface area contributed by atoms with E-state index in [-0.39, 0.29) is 0 Å². The monoisotopic (exact) mass is 220 g/mol. The van der Waals surface area contributed by atoms with E-state index in [1.54, 1.807) is 0 Å². The first kappa shape index (κ1) is 11.6. The van der Waals surface area contributed by atoms with Crippen LogP contribution >= 0.6 is 0 Å². The van der Waals surface area contributed by atoms with Gasteiger partial charge in [0.1, 0.15) is 0 Å². The first-order chi connectivity index (χ1) is 7.88. The summed E-state index contributed by atoms with van der Waals surface area (Å²) in [5.41, 5.74) is 8.09. The third-order valence-electron chi connectivity index (χ3n) is 2.95. The molecule has 16 heavy (non-hydrogen) atoms. The van der Waals surface area contributed by atoms with Crippen molar-refractivity contribution in [2.24, 2.45) is 5.73 Å². The van der Waals surface area contributed by atoms with Gasteiger partial charge in [-0.1, -0.05) is 24.3 Å². The zero-order valence-electron chi connectivity index (χ0n) is 9.61. The number of benzene rings is 1. The predicted molar refractivity (Wildman–Crippen MR) is 65.0 cm³/mol. The molecule has 0 aliphatic carbocycles. The third-order valence-corrected chi connectivity index (χ3v) is 2.95. The molecule has 2 rings (SSSR count). The second kappa shape index (κ2) is 5.99. The van der Waals surface area contributed by atoms with Crippen molar-refractivity contribution in [3.05, 3.63) is 35.4 Å². The van der Waals surface area contributed by atoms with Gasteiger partial charge in [-0.2, -0.15) is 0 Å². The fraction of sp³-hybridized carbons (Fsp3) is 0.538. The molecule has 88 valence electrons. The molecule has 0 radical (unpaired) electrons. The van der Waals surface area contributed by atoms with Crippen molar-refractivity contribution >= 4 is 0 Å². The summed E-state index contributed by atoms with van der Waals surface area (Å²) in [5, 5.41) is 3.43. The van der Waals surface area contributed by atoms with Crippen LogP contribution in [-0.4, -0.2) is 19.3 Å². The van der Waals surface area contributed by atoms with Crippen LogP contribution in [0.2, 0.25) is 0 Å². The fourth-order valence-electron chi connectivity index (χ4n) is 2.05.